The minimum absolute atomic E-state index is 0.283. The van der Waals surface area contributed by atoms with Crippen molar-refractivity contribution in [1.82, 2.24) is 19.4 Å². The molecule has 5 aromatic rings. The van der Waals surface area contributed by atoms with E-state index in [0.29, 0.717) is 29.8 Å². The molecule has 0 bridgehead atoms. The number of nitrogens with zero attached hydrogens (tertiary/aromatic N) is 5. The zero-order valence-electron chi connectivity index (χ0n) is 25.3. The molecule has 2 aliphatic rings. The van der Waals surface area contributed by atoms with Gasteiger partial charge in [-0.1, -0.05) is 59.6 Å². The van der Waals surface area contributed by atoms with E-state index in [9.17, 15) is 0 Å². The summed E-state index contributed by atoms with van der Waals surface area (Å²) < 4.78 is 20.9. The van der Waals surface area contributed by atoms with Crippen molar-refractivity contribution in [2.75, 3.05) is 44.3 Å². The van der Waals surface area contributed by atoms with E-state index in [0.717, 1.165) is 55.3 Å². The Morgan fingerprint density at radius 3 is 2.43 bits per heavy atom. The van der Waals surface area contributed by atoms with E-state index in [2.05, 4.69) is 56.2 Å². The molecule has 0 amide bonds. The lowest BCUT2D eigenvalue weighted by atomic mass is 10.1. The summed E-state index contributed by atoms with van der Waals surface area (Å²) in [5.41, 5.74) is 5.39. The normalized spacial score (nSPS) is 20.2. The lowest BCUT2D eigenvalue weighted by Gasteiger charge is -2.36. The van der Waals surface area contributed by atoms with Crippen LogP contribution in [0.2, 0.25) is 10.0 Å². The van der Waals surface area contributed by atoms with Crippen molar-refractivity contribution in [2.45, 2.75) is 25.0 Å². The molecule has 0 radical (unpaired) electrons. The van der Waals surface area contributed by atoms with Crippen LogP contribution in [0.3, 0.4) is 0 Å². The van der Waals surface area contributed by atoms with Crippen molar-refractivity contribution in [2.24, 2.45) is 0 Å². The number of aromatic nitrogens is 3. The summed E-state index contributed by atoms with van der Waals surface area (Å²) in [5, 5.41) is 1.04. The van der Waals surface area contributed by atoms with Crippen molar-refractivity contribution in [3.8, 4) is 17.0 Å². The van der Waals surface area contributed by atoms with Crippen LogP contribution in [0.25, 0.3) is 11.3 Å². The highest BCUT2D eigenvalue weighted by Gasteiger charge is 2.45. The van der Waals surface area contributed by atoms with E-state index in [1.807, 2.05) is 53.4 Å². The molecular weight excluding hydrogens is 621 g/mol. The van der Waals surface area contributed by atoms with Crippen LogP contribution in [0.15, 0.2) is 110 Å². The Labute approximate surface area is 279 Å². The molecule has 0 aliphatic carbocycles. The maximum Gasteiger partial charge on any atom is 0.215 e. The Kier molecular flexibility index (Phi) is 9.23. The summed E-state index contributed by atoms with van der Waals surface area (Å²) in [6.07, 6.45) is 6.87. The maximum absolute atomic E-state index is 6.60. The third kappa shape index (κ3) is 7.07. The second-order valence-corrected chi connectivity index (χ2v) is 12.5. The van der Waals surface area contributed by atoms with Gasteiger partial charge in [-0.05, 0) is 54.1 Å². The van der Waals surface area contributed by atoms with Gasteiger partial charge in [-0.2, -0.15) is 0 Å². The first-order valence-corrected chi connectivity index (χ1v) is 16.2. The molecule has 2 aliphatic heterocycles. The van der Waals surface area contributed by atoms with Gasteiger partial charge in [0.2, 0.25) is 5.79 Å². The fraction of sp³-hybridized carbons (Fsp3) is 0.278. The Morgan fingerprint density at radius 2 is 1.72 bits per heavy atom. The summed E-state index contributed by atoms with van der Waals surface area (Å²) in [6, 6.07) is 28.4. The van der Waals surface area contributed by atoms with Crippen LogP contribution < -0.4 is 9.64 Å². The average Bonchev–Trinajstić information content (AvgIpc) is 3.76. The van der Waals surface area contributed by atoms with E-state index in [1.165, 1.54) is 11.3 Å². The van der Waals surface area contributed by atoms with Crippen LogP contribution in [-0.4, -0.2) is 64.9 Å². The number of benzene rings is 3. The quantitative estimate of drug-likeness (QED) is 0.162. The van der Waals surface area contributed by atoms with Crippen molar-refractivity contribution >= 4 is 28.9 Å². The topological polar surface area (TPSA) is 64.9 Å². The van der Waals surface area contributed by atoms with Gasteiger partial charge in [0.1, 0.15) is 18.5 Å². The van der Waals surface area contributed by atoms with Gasteiger partial charge < -0.3 is 23.7 Å². The zero-order chi connectivity index (χ0) is 31.3. The largest absolute Gasteiger partial charge is 0.491 e. The highest BCUT2D eigenvalue weighted by molar-refractivity contribution is 6.35. The number of hydrogen-bond acceptors (Lipinski definition) is 7. The monoisotopic (exact) mass is 655 g/mol. The first-order valence-electron chi connectivity index (χ1n) is 15.5. The first-order chi connectivity index (χ1) is 22.5. The van der Waals surface area contributed by atoms with Gasteiger partial charge in [-0.15, -0.1) is 0 Å². The number of hydrogen-bond donors (Lipinski definition) is 0. The second kappa shape index (κ2) is 13.8. The second-order valence-electron chi connectivity index (χ2n) is 11.6. The number of anilines is 1. The van der Waals surface area contributed by atoms with Gasteiger partial charge in [0.15, 0.2) is 0 Å². The number of pyridine rings is 1. The zero-order valence-corrected chi connectivity index (χ0v) is 26.9. The molecule has 0 N–H and O–H groups in total. The summed E-state index contributed by atoms with van der Waals surface area (Å²) >= 11 is 12.8. The van der Waals surface area contributed by atoms with Crippen LogP contribution in [0.5, 0.6) is 5.75 Å². The van der Waals surface area contributed by atoms with Crippen LogP contribution in [0, 0.1) is 0 Å². The number of piperazine rings is 1. The summed E-state index contributed by atoms with van der Waals surface area (Å²) in [7, 11) is 0. The number of ether oxygens (including phenoxy) is 3. The molecule has 10 heteroatoms. The molecule has 236 valence electrons. The molecule has 46 heavy (non-hydrogen) atoms. The highest BCUT2D eigenvalue weighted by atomic mass is 35.5. The smallest absolute Gasteiger partial charge is 0.215 e. The Bertz CT molecular complexity index is 1710. The van der Waals surface area contributed by atoms with E-state index in [4.69, 9.17) is 37.4 Å². The number of rotatable bonds is 10. The molecule has 2 aromatic heterocycles. The summed E-state index contributed by atoms with van der Waals surface area (Å²) in [6.45, 7) is 6.03. The van der Waals surface area contributed by atoms with E-state index >= 15 is 0 Å². The van der Waals surface area contributed by atoms with Crippen molar-refractivity contribution in [3.05, 3.63) is 131 Å². The maximum atomic E-state index is 6.60. The lowest BCUT2D eigenvalue weighted by molar-refractivity contribution is -0.189. The van der Waals surface area contributed by atoms with Crippen LogP contribution in [0.4, 0.5) is 5.69 Å². The molecule has 0 unspecified atom stereocenters. The van der Waals surface area contributed by atoms with Crippen LogP contribution >= 0.6 is 23.2 Å². The minimum Gasteiger partial charge on any atom is -0.491 e. The van der Waals surface area contributed by atoms with E-state index < -0.39 is 5.79 Å². The van der Waals surface area contributed by atoms with Crippen LogP contribution in [0.1, 0.15) is 11.1 Å². The molecular formula is C36H35Cl2N5O3. The summed E-state index contributed by atoms with van der Waals surface area (Å²) in [4.78, 5) is 13.6. The molecule has 0 spiro atoms. The molecule has 8 nitrogen and oxygen atoms in total. The van der Waals surface area contributed by atoms with Gasteiger partial charge in [0, 0.05) is 73.2 Å². The van der Waals surface area contributed by atoms with Crippen molar-refractivity contribution in [1.29, 1.82) is 0 Å². The SMILES string of the molecule is Clc1ccc([C@]2(Cn3ccnc3)OC[C@@H](COc3ccc(N4CCN(Cc5ccc(-c6ccccn6)cc5)CC4)cc3)O2)c(Cl)c1. The predicted molar refractivity (Wildman–Crippen MR) is 180 cm³/mol. The highest BCUT2D eigenvalue weighted by Crippen LogP contribution is 2.40. The molecule has 0 saturated carbocycles. The minimum atomic E-state index is -1.08. The Hall–Kier alpha value is -3.92. The first kappa shape index (κ1) is 30.7. The summed E-state index contributed by atoms with van der Waals surface area (Å²) in [5.74, 6) is -0.289. The molecule has 2 atom stereocenters. The standard InChI is InChI=1S/C36H35Cl2N5O3/c37-29-8-13-33(34(38)21-29)36(25-42-16-15-39-26-42)45-24-32(46-36)23-44-31-11-9-30(10-12-31)43-19-17-41(18-20-43)22-27-4-6-28(7-5-27)35-3-1-2-14-40-35/h1-16,21,26,32H,17-20,22-25H2/t32-,36-/m1/s1. The van der Waals surface area contributed by atoms with Gasteiger partial charge in [0.05, 0.1) is 30.2 Å². The Morgan fingerprint density at radius 1 is 0.891 bits per heavy atom. The third-order valence-electron chi connectivity index (χ3n) is 8.48. The predicted octanol–water partition coefficient (Wildman–Crippen LogP) is 6.92. The molecule has 2 fully saturated rings. The van der Waals surface area contributed by atoms with Gasteiger partial charge in [-0.25, -0.2) is 4.98 Å². The van der Waals surface area contributed by atoms with Gasteiger partial charge >= 0.3 is 0 Å². The lowest BCUT2D eigenvalue weighted by Crippen LogP contribution is -2.45. The van der Waals surface area contributed by atoms with Crippen LogP contribution in [-0.2, 0) is 28.4 Å². The average molecular weight is 657 g/mol. The Balaban J connectivity index is 0.907. The molecule has 2 saturated heterocycles. The molecule has 7 rings (SSSR count). The molecule has 3 aromatic carbocycles. The van der Waals surface area contributed by atoms with Crippen molar-refractivity contribution < 1.29 is 14.2 Å². The van der Waals surface area contributed by atoms with E-state index in [1.54, 1.807) is 24.7 Å². The number of halogens is 2. The third-order valence-corrected chi connectivity index (χ3v) is 9.03. The van der Waals surface area contributed by atoms with E-state index in [-0.39, 0.29) is 6.10 Å². The fourth-order valence-corrected chi connectivity index (χ4v) is 6.61. The molecule has 4 heterocycles. The number of imidazole rings is 1. The fourth-order valence-electron chi connectivity index (χ4n) is 6.05. The van der Waals surface area contributed by atoms with Crippen molar-refractivity contribution in [3.63, 3.8) is 0 Å². The van der Waals surface area contributed by atoms with Gasteiger partial charge in [-0.3, -0.25) is 9.88 Å². The van der Waals surface area contributed by atoms with Gasteiger partial charge in [0.25, 0.3) is 0 Å².